The third-order valence-corrected chi connectivity index (χ3v) is 3.52. The van der Waals surface area contributed by atoms with Gasteiger partial charge in [-0.1, -0.05) is 44.2 Å². The molecule has 0 aliphatic carbocycles. The lowest BCUT2D eigenvalue weighted by atomic mass is 9.90. The summed E-state index contributed by atoms with van der Waals surface area (Å²) in [5.41, 5.74) is 2.62. The van der Waals surface area contributed by atoms with Crippen LogP contribution in [0.25, 0.3) is 0 Å². The van der Waals surface area contributed by atoms with E-state index in [2.05, 4.69) is 60.8 Å². The second-order valence-electron chi connectivity index (χ2n) is 5.08. The van der Waals surface area contributed by atoms with Gasteiger partial charge in [-0.2, -0.15) is 5.10 Å². The summed E-state index contributed by atoms with van der Waals surface area (Å²) in [6, 6.07) is 11.0. The summed E-state index contributed by atoms with van der Waals surface area (Å²) < 4.78 is 1.87. The topological polar surface area (TPSA) is 29.9 Å². The molecule has 0 bridgehead atoms. The van der Waals surface area contributed by atoms with Crippen LogP contribution in [0.3, 0.4) is 0 Å². The van der Waals surface area contributed by atoms with Gasteiger partial charge in [-0.05, 0) is 18.5 Å². The third kappa shape index (κ3) is 3.44. The molecular weight excluding hydrogens is 234 g/mol. The van der Waals surface area contributed by atoms with Crippen LogP contribution >= 0.6 is 0 Å². The molecule has 2 atom stereocenters. The van der Waals surface area contributed by atoms with E-state index in [9.17, 15) is 0 Å². The molecule has 3 nitrogen and oxygen atoms in total. The van der Waals surface area contributed by atoms with Gasteiger partial charge < -0.3 is 5.32 Å². The number of benzene rings is 1. The fourth-order valence-corrected chi connectivity index (χ4v) is 2.43. The van der Waals surface area contributed by atoms with E-state index in [1.165, 1.54) is 11.1 Å². The summed E-state index contributed by atoms with van der Waals surface area (Å²) in [4.78, 5) is 0. The number of rotatable bonds is 6. The van der Waals surface area contributed by atoms with Gasteiger partial charge in [0.2, 0.25) is 0 Å². The van der Waals surface area contributed by atoms with Crippen LogP contribution < -0.4 is 5.32 Å². The van der Waals surface area contributed by atoms with Crippen LogP contribution in [0, 0.1) is 0 Å². The van der Waals surface area contributed by atoms with Crippen molar-refractivity contribution >= 4 is 0 Å². The van der Waals surface area contributed by atoms with E-state index >= 15 is 0 Å². The Kier molecular flexibility index (Phi) is 4.74. The minimum absolute atomic E-state index is 0.316. The number of nitrogens with one attached hydrogen (secondary N) is 1. The standard InChI is InChI=1S/C16H23N3/c1-4-10-17-16(15-11-18-19(3)12-15)13(2)14-8-6-5-7-9-14/h5-9,11-13,16-17H,4,10H2,1-3H3. The second kappa shape index (κ2) is 6.53. The predicted molar refractivity (Wildman–Crippen MR) is 79.1 cm³/mol. The molecule has 19 heavy (non-hydrogen) atoms. The summed E-state index contributed by atoms with van der Waals surface area (Å²) in [6.07, 6.45) is 5.21. The van der Waals surface area contributed by atoms with Gasteiger partial charge in [0.25, 0.3) is 0 Å². The van der Waals surface area contributed by atoms with E-state index in [-0.39, 0.29) is 0 Å². The van der Waals surface area contributed by atoms with Crippen molar-refractivity contribution < 1.29 is 0 Å². The summed E-state index contributed by atoms with van der Waals surface area (Å²) in [7, 11) is 1.97. The Hall–Kier alpha value is -1.61. The monoisotopic (exact) mass is 257 g/mol. The van der Waals surface area contributed by atoms with Gasteiger partial charge >= 0.3 is 0 Å². The van der Waals surface area contributed by atoms with E-state index in [0.29, 0.717) is 12.0 Å². The highest BCUT2D eigenvalue weighted by Crippen LogP contribution is 2.30. The molecule has 2 rings (SSSR count). The van der Waals surface area contributed by atoms with Gasteiger partial charge in [0, 0.05) is 30.8 Å². The maximum atomic E-state index is 4.30. The number of aromatic nitrogens is 2. The summed E-state index contributed by atoms with van der Waals surface area (Å²) in [6.45, 7) is 5.49. The lowest BCUT2D eigenvalue weighted by molar-refractivity contribution is 0.466. The van der Waals surface area contributed by atoms with Crippen molar-refractivity contribution in [1.29, 1.82) is 0 Å². The molecular formula is C16H23N3. The lowest BCUT2D eigenvalue weighted by Crippen LogP contribution is -2.26. The maximum absolute atomic E-state index is 4.30. The van der Waals surface area contributed by atoms with Crippen molar-refractivity contribution in [1.82, 2.24) is 15.1 Å². The Morgan fingerprint density at radius 3 is 2.53 bits per heavy atom. The third-order valence-electron chi connectivity index (χ3n) is 3.52. The highest BCUT2D eigenvalue weighted by atomic mass is 15.2. The highest BCUT2D eigenvalue weighted by molar-refractivity contribution is 5.25. The van der Waals surface area contributed by atoms with Crippen LogP contribution in [0.2, 0.25) is 0 Å². The molecule has 1 N–H and O–H groups in total. The molecule has 0 fully saturated rings. The fourth-order valence-electron chi connectivity index (χ4n) is 2.43. The SMILES string of the molecule is CCCNC(c1cnn(C)c1)C(C)c1ccccc1. The molecule has 0 saturated carbocycles. The first-order chi connectivity index (χ1) is 9.22. The average molecular weight is 257 g/mol. The molecule has 1 heterocycles. The molecule has 0 radical (unpaired) electrons. The molecule has 0 amide bonds. The maximum Gasteiger partial charge on any atom is 0.0537 e. The molecule has 102 valence electrons. The minimum atomic E-state index is 0.316. The number of nitrogens with zero attached hydrogens (tertiary/aromatic N) is 2. The normalized spacial score (nSPS) is 14.3. The zero-order valence-electron chi connectivity index (χ0n) is 12.0. The van der Waals surface area contributed by atoms with Crippen LogP contribution in [-0.4, -0.2) is 16.3 Å². The van der Waals surface area contributed by atoms with Crippen LogP contribution in [0.15, 0.2) is 42.7 Å². The van der Waals surface area contributed by atoms with Gasteiger partial charge in [0.15, 0.2) is 0 Å². The quantitative estimate of drug-likeness (QED) is 0.860. The zero-order chi connectivity index (χ0) is 13.7. The van der Waals surface area contributed by atoms with Crippen molar-refractivity contribution in [2.45, 2.75) is 32.2 Å². The minimum Gasteiger partial charge on any atom is -0.309 e. The molecule has 2 aromatic rings. The molecule has 3 heteroatoms. The van der Waals surface area contributed by atoms with Gasteiger partial charge in [0.1, 0.15) is 0 Å². The smallest absolute Gasteiger partial charge is 0.0537 e. The predicted octanol–water partition coefficient (Wildman–Crippen LogP) is 3.26. The molecule has 1 aromatic heterocycles. The molecule has 0 spiro atoms. The van der Waals surface area contributed by atoms with Crippen molar-refractivity contribution in [3.63, 3.8) is 0 Å². The molecule has 0 aliphatic rings. The van der Waals surface area contributed by atoms with Gasteiger partial charge in [-0.25, -0.2) is 0 Å². The van der Waals surface area contributed by atoms with Crippen molar-refractivity contribution in [3.8, 4) is 0 Å². The van der Waals surface area contributed by atoms with E-state index in [1.807, 2.05) is 17.9 Å². The van der Waals surface area contributed by atoms with Crippen LogP contribution in [0.4, 0.5) is 0 Å². The summed E-state index contributed by atoms with van der Waals surface area (Å²) in [5.74, 6) is 0.428. The Bertz CT molecular complexity index is 490. The Labute approximate surface area is 115 Å². The molecule has 0 aliphatic heterocycles. The van der Waals surface area contributed by atoms with Gasteiger partial charge in [-0.15, -0.1) is 0 Å². The summed E-state index contributed by atoms with van der Waals surface area (Å²) in [5, 5.41) is 7.94. The second-order valence-corrected chi connectivity index (χ2v) is 5.08. The number of hydrogen-bond acceptors (Lipinski definition) is 2. The first-order valence-electron chi connectivity index (χ1n) is 6.99. The summed E-state index contributed by atoms with van der Waals surface area (Å²) >= 11 is 0. The highest BCUT2D eigenvalue weighted by Gasteiger charge is 2.21. The Morgan fingerprint density at radius 1 is 1.21 bits per heavy atom. The molecule has 1 aromatic carbocycles. The number of hydrogen-bond donors (Lipinski definition) is 1. The van der Waals surface area contributed by atoms with Gasteiger partial charge in [0.05, 0.1) is 6.20 Å². The van der Waals surface area contributed by atoms with Crippen molar-refractivity contribution in [2.24, 2.45) is 7.05 Å². The van der Waals surface area contributed by atoms with Gasteiger partial charge in [-0.3, -0.25) is 4.68 Å². The van der Waals surface area contributed by atoms with Crippen LogP contribution in [0.5, 0.6) is 0 Å². The van der Waals surface area contributed by atoms with Crippen molar-refractivity contribution in [2.75, 3.05) is 6.54 Å². The largest absolute Gasteiger partial charge is 0.309 e. The average Bonchev–Trinajstić information content (AvgIpc) is 2.86. The van der Waals surface area contributed by atoms with E-state index in [0.717, 1.165) is 13.0 Å². The molecule has 2 unspecified atom stereocenters. The van der Waals surface area contributed by atoms with E-state index in [4.69, 9.17) is 0 Å². The van der Waals surface area contributed by atoms with Crippen LogP contribution in [-0.2, 0) is 7.05 Å². The Balaban J connectivity index is 2.22. The van der Waals surface area contributed by atoms with E-state index in [1.54, 1.807) is 0 Å². The zero-order valence-corrected chi connectivity index (χ0v) is 12.0. The fraction of sp³-hybridized carbons (Fsp3) is 0.438. The first-order valence-corrected chi connectivity index (χ1v) is 6.99. The van der Waals surface area contributed by atoms with Crippen molar-refractivity contribution in [3.05, 3.63) is 53.9 Å². The molecule has 0 saturated heterocycles. The first kappa shape index (κ1) is 13.8. The lowest BCUT2D eigenvalue weighted by Gasteiger charge is -2.24. The van der Waals surface area contributed by atoms with Crippen LogP contribution in [0.1, 0.15) is 43.4 Å². The van der Waals surface area contributed by atoms with E-state index < -0.39 is 0 Å². The number of aryl methyl sites for hydroxylation is 1. The Morgan fingerprint density at radius 2 is 1.95 bits per heavy atom.